The highest BCUT2D eigenvalue weighted by Gasteiger charge is 2.53. The normalized spacial score (nSPS) is 22.9. The Morgan fingerprint density at radius 1 is 1.09 bits per heavy atom. The third kappa shape index (κ3) is 3.76. The summed E-state index contributed by atoms with van der Waals surface area (Å²) < 4.78 is 0. The van der Waals surface area contributed by atoms with Gasteiger partial charge in [-0.15, -0.1) is 11.3 Å². The van der Waals surface area contributed by atoms with Gasteiger partial charge in [0.25, 0.3) is 0 Å². The molecule has 6 nitrogen and oxygen atoms in total. The van der Waals surface area contributed by atoms with Crippen LogP contribution < -0.4 is 0 Å². The molecule has 5 rings (SSSR count). The summed E-state index contributed by atoms with van der Waals surface area (Å²) in [6, 6.07) is 17.6. The van der Waals surface area contributed by atoms with Crippen LogP contribution in [0.1, 0.15) is 42.3 Å². The topological polar surface area (TPSA) is 70.6 Å². The van der Waals surface area contributed by atoms with E-state index in [1.54, 1.807) is 17.5 Å². The lowest BCUT2D eigenvalue weighted by Gasteiger charge is -2.30. The first-order chi connectivity index (χ1) is 16.0. The van der Waals surface area contributed by atoms with Crippen molar-refractivity contribution in [2.75, 3.05) is 13.6 Å². The highest BCUT2D eigenvalue weighted by atomic mass is 32.1. The molecule has 0 N–H and O–H groups in total. The summed E-state index contributed by atoms with van der Waals surface area (Å²) in [6.45, 7) is 0.643. The Bertz CT molecular complexity index is 1180. The molecule has 168 valence electrons. The molecule has 0 bridgehead atoms. The molecule has 33 heavy (non-hydrogen) atoms. The van der Waals surface area contributed by atoms with E-state index >= 15 is 0 Å². The Kier molecular flexibility index (Phi) is 5.58. The van der Waals surface area contributed by atoms with Crippen molar-refractivity contribution < 1.29 is 14.4 Å². The Labute approximate surface area is 196 Å². The summed E-state index contributed by atoms with van der Waals surface area (Å²) in [6.07, 6.45) is 3.51. The van der Waals surface area contributed by atoms with Crippen molar-refractivity contribution in [3.8, 4) is 11.1 Å². The zero-order valence-electron chi connectivity index (χ0n) is 18.4. The molecule has 2 aromatic carbocycles. The van der Waals surface area contributed by atoms with E-state index in [4.69, 9.17) is 0 Å². The number of aromatic nitrogens is 1. The molecule has 2 aliphatic rings. The highest BCUT2D eigenvalue weighted by Crippen LogP contribution is 2.42. The first-order valence-corrected chi connectivity index (χ1v) is 12.0. The standard InChI is InChI=1S/C26H25N3O3S/c1-28-22(30)16-26(25(28)32,20-11-9-19(10-12-20)18-6-3-2-4-7-18)17-23(31)29-14-5-8-21(29)24-27-13-15-33-24/h2-4,6-7,9-13,15,21H,5,8,14,16-17H2,1H3/t21-,26-/m1/s1. The Morgan fingerprint density at radius 2 is 1.82 bits per heavy atom. The van der Waals surface area contributed by atoms with Gasteiger partial charge in [0.15, 0.2) is 0 Å². The van der Waals surface area contributed by atoms with Gasteiger partial charge in [0.1, 0.15) is 5.01 Å². The molecule has 0 saturated carbocycles. The van der Waals surface area contributed by atoms with Crippen LogP contribution in [0.5, 0.6) is 0 Å². The summed E-state index contributed by atoms with van der Waals surface area (Å²) in [5, 5.41) is 2.84. The van der Waals surface area contributed by atoms with Crippen molar-refractivity contribution in [1.82, 2.24) is 14.8 Å². The smallest absolute Gasteiger partial charge is 0.240 e. The number of likely N-dealkylation sites (tertiary alicyclic amines) is 2. The summed E-state index contributed by atoms with van der Waals surface area (Å²) in [5.41, 5.74) is 1.63. The first kappa shape index (κ1) is 21.5. The minimum Gasteiger partial charge on any atom is -0.333 e. The molecule has 3 amide bonds. The highest BCUT2D eigenvalue weighted by molar-refractivity contribution is 7.09. The second-order valence-electron chi connectivity index (χ2n) is 8.75. The maximum atomic E-state index is 13.6. The van der Waals surface area contributed by atoms with E-state index in [1.165, 1.54) is 11.9 Å². The lowest BCUT2D eigenvalue weighted by atomic mass is 9.75. The lowest BCUT2D eigenvalue weighted by molar-refractivity contribution is -0.141. The van der Waals surface area contributed by atoms with Gasteiger partial charge in [-0.05, 0) is 29.5 Å². The van der Waals surface area contributed by atoms with Crippen LogP contribution in [0.25, 0.3) is 11.1 Å². The SMILES string of the molecule is CN1C(=O)C[C@@](CC(=O)N2CCC[C@@H]2c2nccs2)(c2ccc(-c3ccccc3)cc2)C1=O. The van der Waals surface area contributed by atoms with Crippen molar-refractivity contribution in [2.24, 2.45) is 0 Å². The maximum Gasteiger partial charge on any atom is 0.240 e. The number of amides is 3. The van der Waals surface area contributed by atoms with Crippen molar-refractivity contribution in [2.45, 2.75) is 37.1 Å². The second-order valence-corrected chi connectivity index (χ2v) is 9.68. The van der Waals surface area contributed by atoms with Crippen LogP contribution in [0.15, 0.2) is 66.2 Å². The Hall–Kier alpha value is -3.32. The van der Waals surface area contributed by atoms with E-state index < -0.39 is 5.41 Å². The summed E-state index contributed by atoms with van der Waals surface area (Å²) in [7, 11) is 1.50. The lowest BCUT2D eigenvalue weighted by Crippen LogP contribution is -2.42. The van der Waals surface area contributed by atoms with Crippen LogP contribution in [-0.2, 0) is 19.8 Å². The number of thiazole rings is 1. The minimum absolute atomic E-state index is 0.00845. The molecule has 2 saturated heterocycles. The van der Waals surface area contributed by atoms with E-state index in [0.717, 1.165) is 29.0 Å². The number of carbonyl (C=O) groups excluding carboxylic acids is 3. The number of hydrogen-bond donors (Lipinski definition) is 0. The molecule has 2 fully saturated rings. The van der Waals surface area contributed by atoms with Gasteiger partial charge in [-0.25, -0.2) is 4.98 Å². The third-order valence-electron chi connectivity index (χ3n) is 6.85. The van der Waals surface area contributed by atoms with Crippen LogP contribution >= 0.6 is 11.3 Å². The molecule has 2 aliphatic heterocycles. The van der Waals surface area contributed by atoms with Gasteiger partial charge in [0.2, 0.25) is 17.7 Å². The number of nitrogens with zero attached hydrogens (tertiary/aromatic N) is 3. The molecule has 0 spiro atoms. The summed E-state index contributed by atoms with van der Waals surface area (Å²) in [5.74, 6) is -0.660. The van der Waals surface area contributed by atoms with E-state index in [2.05, 4.69) is 4.98 Å². The predicted octanol–water partition coefficient (Wildman–Crippen LogP) is 4.19. The zero-order valence-corrected chi connectivity index (χ0v) is 19.3. The fourth-order valence-corrected chi connectivity index (χ4v) is 5.83. The fraction of sp³-hybridized carbons (Fsp3) is 0.308. The monoisotopic (exact) mass is 459 g/mol. The average molecular weight is 460 g/mol. The van der Waals surface area contributed by atoms with E-state index in [-0.39, 0.29) is 36.6 Å². The largest absolute Gasteiger partial charge is 0.333 e. The van der Waals surface area contributed by atoms with Crippen LogP contribution in [-0.4, -0.2) is 46.1 Å². The summed E-state index contributed by atoms with van der Waals surface area (Å²) >= 11 is 1.55. The van der Waals surface area contributed by atoms with Crippen LogP contribution in [0.4, 0.5) is 0 Å². The number of imide groups is 1. The number of rotatable bonds is 5. The van der Waals surface area contributed by atoms with Crippen LogP contribution in [0, 0.1) is 0 Å². The zero-order chi connectivity index (χ0) is 23.0. The average Bonchev–Trinajstić information content (AvgIpc) is 3.58. The van der Waals surface area contributed by atoms with Gasteiger partial charge in [0.05, 0.1) is 11.5 Å². The van der Waals surface area contributed by atoms with Crippen LogP contribution in [0.2, 0.25) is 0 Å². The maximum absolute atomic E-state index is 13.6. The van der Waals surface area contributed by atoms with Crippen molar-refractivity contribution >= 4 is 29.1 Å². The molecular weight excluding hydrogens is 434 g/mol. The van der Waals surface area contributed by atoms with Gasteiger partial charge >= 0.3 is 0 Å². The van der Waals surface area contributed by atoms with E-state index in [9.17, 15) is 14.4 Å². The van der Waals surface area contributed by atoms with Crippen molar-refractivity contribution in [3.63, 3.8) is 0 Å². The molecule has 2 atom stereocenters. The van der Waals surface area contributed by atoms with Gasteiger partial charge < -0.3 is 4.90 Å². The van der Waals surface area contributed by atoms with Crippen LogP contribution in [0.3, 0.4) is 0 Å². The molecule has 3 aromatic rings. The molecule has 0 radical (unpaired) electrons. The van der Waals surface area contributed by atoms with Gasteiger partial charge in [0, 0.05) is 38.0 Å². The number of carbonyl (C=O) groups is 3. The van der Waals surface area contributed by atoms with Gasteiger partial charge in [-0.3, -0.25) is 19.3 Å². The molecule has 0 aliphatic carbocycles. The molecule has 3 heterocycles. The predicted molar refractivity (Wildman–Crippen MR) is 126 cm³/mol. The number of benzene rings is 2. The molecule has 7 heteroatoms. The fourth-order valence-electron chi connectivity index (χ4n) is 5.05. The Morgan fingerprint density at radius 3 is 2.45 bits per heavy atom. The quantitative estimate of drug-likeness (QED) is 0.537. The van der Waals surface area contributed by atoms with Gasteiger partial charge in [-0.2, -0.15) is 0 Å². The molecular formula is C26H25N3O3S. The minimum atomic E-state index is -1.17. The van der Waals surface area contributed by atoms with Crippen molar-refractivity contribution in [3.05, 3.63) is 76.7 Å². The van der Waals surface area contributed by atoms with Crippen molar-refractivity contribution in [1.29, 1.82) is 0 Å². The van der Waals surface area contributed by atoms with Gasteiger partial charge in [-0.1, -0.05) is 54.6 Å². The first-order valence-electron chi connectivity index (χ1n) is 11.2. The Balaban J connectivity index is 1.47. The number of hydrogen-bond acceptors (Lipinski definition) is 5. The second kappa shape index (κ2) is 8.56. The van der Waals surface area contributed by atoms with E-state index in [0.29, 0.717) is 12.1 Å². The van der Waals surface area contributed by atoms with E-state index in [1.807, 2.05) is 64.9 Å². The molecule has 1 aromatic heterocycles. The number of likely N-dealkylation sites (N-methyl/N-ethyl adjacent to an activating group) is 1. The molecule has 0 unspecified atom stereocenters. The summed E-state index contributed by atoms with van der Waals surface area (Å²) in [4.78, 5) is 46.9. The third-order valence-corrected chi connectivity index (χ3v) is 7.73.